The Morgan fingerprint density at radius 1 is 0.686 bits per heavy atom. The number of nitrogens with one attached hydrogen (secondary N) is 2. The van der Waals surface area contributed by atoms with Gasteiger partial charge in [-0.15, -0.1) is 0 Å². The van der Waals surface area contributed by atoms with Crippen molar-refractivity contribution in [3.63, 3.8) is 0 Å². The molecule has 0 saturated carbocycles. The quantitative estimate of drug-likeness (QED) is 0.251. The average molecular weight is 468 g/mol. The van der Waals surface area contributed by atoms with Crippen LogP contribution in [0.25, 0.3) is 43.6 Å². The van der Waals surface area contributed by atoms with Gasteiger partial charge in [-0.3, -0.25) is 9.59 Å². The summed E-state index contributed by atoms with van der Waals surface area (Å²) in [6, 6.07) is 15.6. The number of pyridine rings is 2. The van der Waals surface area contributed by atoms with Crippen molar-refractivity contribution in [2.75, 3.05) is 18.0 Å². The van der Waals surface area contributed by atoms with Crippen LogP contribution in [0.1, 0.15) is 52.0 Å². The van der Waals surface area contributed by atoms with E-state index in [9.17, 15) is 9.59 Å². The maximum absolute atomic E-state index is 13.9. The number of H-pyrrole nitrogens is 2. The lowest BCUT2D eigenvalue weighted by molar-refractivity contribution is 0.679. The smallest absolute Gasteiger partial charge is 0.199 e. The number of anilines is 1. The molecule has 0 saturated heterocycles. The summed E-state index contributed by atoms with van der Waals surface area (Å²) in [6.45, 7) is 8.36. The Kier molecular flexibility index (Phi) is 6.33. The number of aromatic amines is 2. The van der Waals surface area contributed by atoms with Crippen LogP contribution in [0.3, 0.4) is 0 Å². The van der Waals surface area contributed by atoms with E-state index in [-0.39, 0.29) is 10.9 Å². The lowest BCUT2D eigenvalue weighted by atomic mass is 10.0. The van der Waals surface area contributed by atoms with E-state index in [1.165, 1.54) is 5.56 Å². The highest BCUT2D eigenvalue weighted by Crippen LogP contribution is 2.28. The largest absolute Gasteiger partial charge is 0.371 e. The number of aromatic nitrogens is 2. The molecule has 0 atom stereocenters. The van der Waals surface area contributed by atoms with Gasteiger partial charge in [0.2, 0.25) is 0 Å². The first kappa shape index (κ1) is 23.2. The minimum absolute atomic E-state index is 0.00695. The molecule has 0 fully saturated rings. The van der Waals surface area contributed by atoms with Crippen LogP contribution < -0.4 is 15.8 Å². The number of fused-ring (bicyclic) bond motifs is 4. The second-order valence-electron chi connectivity index (χ2n) is 9.48. The Bertz CT molecular complexity index is 1650. The summed E-state index contributed by atoms with van der Waals surface area (Å²) in [6.07, 6.45) is 5.29. The van der Waals surface area contributed by atoms with Gasteiger partial charge in [0.25, 0.3) is 0 Å². The monoisotopic (exact) mass is 467 g/mol. The second-order valence-corrected chi connectivity index (χ2v) is 9.48. The van der Waals surface area contributed by atoms with Crippen LogP contribution in [0.15, 0.2) is 58.1 Å². The summed E-state index contributed by atoms with van der Waals surface area (Å²) in [4.78, 5) is 36.5. The maximum Gasteiger partial charge on any atom is 0.199 e. The Balaban J connectivity index is 1.78. The maximum atomic E-state index is 13.9. The fraction of sp³-hybridized carbons (Fsp3) is 0.333. The molecule has 2 heterocycles. The first-order valence-corrected chi connectivity index (χ1v) is 12.9. The number of hydrogen-bond acceptors (Lipinski definition) is 3. The first-order chi connectivity index (χ1) is 17.0. The molecule has 0 spiro atoms. The Morgan fingerprint density at radius 3 is 1.97 bits per heavy atom. The van der Waals surface area contributed by atoms with Crippen molar-refractivity contribution in [3.8, 4) is 0 Å². The fourth-order valence-electron chi connectivity index (χ4n) is 5.06. The highest BCUT2D eigenvalue weighted by Gasteiger charge is 2.16. The van der Waals surface area contributed by atoms with Gasteiger partial charge in [0, 0.05) is 29.2 Å². The van der Waals surface area contributed by atoms with Crippen molar-refractivity contribution in [1.82, 2.24) is 9.97 Å². The number of nitrogens with zero attached hydrogens (tertiary/aromatic N) is 1. The van der Waals surface area contributed by atoms with E-state index >= 15 is 0 Å². The highest BCUT2D eigenvalue weighted by molar-refractivity contribution is 6.05. The van der Waals surface area contributed by atoms with E-state index < -0.39 is 0 Å². The molecule has 0 radical (unpaired) electrons. The van der Waals surface area contributed by atoms with Gasteiger partial charge >= 0.3 is 0 Å². The highest BCUT2D eigenvalue weighted by atomic mass is 16.1. The third-order valence-electron chi connectivity index (χ3n) is 7.10. The predicted octanol–water partition coefficient (Wildman–Crippen LogP) is 6.65. The zero-order valence-corrected chi connectivity index (χ0v) is 20.8. The van der Waals surface area contributed by atoms with Crippen molar-refractivity contribution in [1.29, 1.82) is 0 Å². The van der Waals surface area contributed by atoms with Crippen LogP contribution in [0.2, 0.25) is 0 Å². The number of aryl methyl sites for hydroxylation is 1. The van der Waals surface area contributed by atoms with Gasteiger partial charge in [0.15, 0.2) is 10.9 Å². The molecule has 0 unspecified atom stereocenters. The topological polar surface area (TPSA) is 69.0 Å². The summed E-state index contributed by atoms with van der Waals surface area (Å²) in [5.41, 5.74) is 5.15. The van der Waals surface area contributed by atoms with Crippen LogP contribution in [-0.2, 0) is 6.42 Å². The predicted molar refractivity (Wildman–Crippen MR) is 149 cm³/mol. The summed E-state index contributed by atoms with van der Waals surface area (Å²) in [5, 5.41) is 2.59. The standard InChI is InChI=1S/C30H33N3O2/c1-4-7-14-33(15-8-5-2)27-11-9-10-23-28(27)30(35)22-18-25-21(17-26(22)31-23)29(34)20-13-12-19(6-3)16-24(20)32-25/h9-13,16-18H,4-8,14-15H2,1-3H3,(H,31,35)(H,32,34). The van der Waals surface area contributed by atoms with Gasteiger partial charge in [-0.05, 0) is 61.2 Å². The molecule has 0 aliphatic rings. The Morgan fingerprint density at radius 2 is 1.31 bits per heavy atom. The summed E-state index contributed by atoms with van der Waals surface area (Å²) >= 11 is 0. The molecule has 0 bridgehead atoms. The molecule has 3 aromatic carbocycles. The van der Waals surface area contributed by atoms with Crippen LogP contribution in [0, 0.1) is 0 Å². The van der Waals surface area contributed by atoms with Crippen LogP contribution in [0.5, 0.6) is 0 Å². The average Bonchev–Trinajstić information content (AvgIpc) is 2.88. The van der Waals surface area contributed by atoms with Gasteiger partial charge in [-0.25, -0.2) is 0 Å². The van der Waals surface area contributed by atoms with E-state index in [4.69, 9.17) is 0 Å². The van der Waals surface area contributed by atoms with E-state index in [0.29, 0.717) is 27.2 Å². The van der Waals surface area contributed by atoms with Crippen LogP contribution >= 0.6 is 0 Å². The Hall–Kier alpha value is -3.60. The van der Waals surface area contributed by atoms with E-state index in [1.807, 2.05) is 42.5 Å². The third kappa shape index (κ3) is 4.09. The minimum atomic E-state index is -0.0155. The molecule has 5 nitrogen and oxygen atoms in total. The van der Waals surface area contributed by atoms with Crippen LogP contribution in [0.4, 0.5) is 5.69 Å². The Labute approximate surface area is 204 Å². The SMILES string of the molecule is CCCCN(CCCC)c1cccc2[nH]c3cc4c(=O)c5ccc(CC)cc5[nH]c4cc3c(=O)c12. The second kappa shape index (κ2) is 9.57. The minimum Gasteiger partial charge on any atom is -0.371 e. The summed E-state index contributed by atoms with van der Waals surface area (Å²) in [5.74, 6) is 0. The first-order valence-electron chi connectivity index (χ1n) is 12.9. The number of hydrogen-bond donors (Lipinski definition) is 2. The molecule has 5 aromatic rings. The van der Waals surface area contributed by atoms with Gasteiger partial charge in [-0.1, -0.05) is 45.7 Å². The van der Waals surface area contributed by atoms with Gasteiger partial charge in [0.05, 0.1) is 33.1 Å². The molecule has 2 N–H and O–H groups in total. The molecule has 2 aromatic heterocycles. The molecule has 5 heteroatoms. The number of rotatable bonds is 8. The van der Waals surface area contributed by atoms with Crippen LogP contribution in [-0.4, -0.2) is 23.1 Å². The molecule has 180 valence electrons. The summed E-state index contributed by atoms with van der Waals surface area (Å²) in [7, 11) is 0. The molecular formula is C30H33N3O2. The third-order valence-corrected chi connectivity index (χ3v) is 7.10. The molecular weight excluding hydrogens is 434 g/mol. The molecule has 0 aliphatic carbocycles. The van der Waals surface area contributed by atoms with Crippen molar-refractivity contribution >= 4 is 49.3 Å². The van der Waals surface area contributed by atoms with E-state index in [0.717, 1.165) is 67.3 Å². The van der Waals surface area contributed by atoms with Crippen molar-refractivity contribution in [2.24, 2.45) is 0 Å². The lowest BCUT2D eigenvalue weighted by Crippen LogP contribution is -2.27. The molecule has 0 amide bonds. The lowest BCUT2D eigenvalue weighted by Gasteiger charge is -2.26. The molecule has 0 aliphatic heterocycles. The van der Waals surface area contributed by atoms with Gasteiger partial charge in [0.1, 0.15) is 0 Å². The molecule has 5 rings (SSSR count). The molecule has 35 heavy (non-hydrogen) atoms. The van der Waals surface area contributed by atoms with Crippen molar-refractivity contribution in [3.05, 3.63) is 74.5 Å². The van der Waals surface area contributed by atoms with Gasteiger partial charge < -0.3 is 14.9 Å². The number of unbranched alkanes of at least 4 members (excludes halogenated alkanes) is 2. The van der Waals surface area contributed by atoms with Crippen molar-refractivity contribution < 1.29 is 0 Å². The number of benzene rings is 3. The van der Waals surface area contributed by atoms with Crippen molar-refractivity contribution in [2.45, 2.75) is 52.9 Å². The normalized spacial score (nSPS) is 11.7. The van der Waals surface area contributed by atoms with E-state index in [2.05, 4.69) is 41.7 Å². The zero-order valence-electron chi connectivity index (χ0n) is 20.8. The summed E-state index contributed by atoms with van der Waals surface area (Å²) < 4.78 is 0. The van der Waals surface area contributed by atoms with Gasteiger partial charge in [-0.2, -0.15) is 0 Å². The zero-order chi connectivity index (χ0) is 24.5. The fourth-order valence-corrected chi connectivity index (χ4v) is 5.06. The van der Waals surface area contributed by atoms with E-state index in [1.54, 1.807) is 0 Å².